The Morgan fingerprint density at radius 1 is 1.17 bits per heavy atom. The van der Waals surface area contributed by atoms with Gasteiger partial charge in [0.15, 0.2) is 0 Å². The quantitative estimate of drug-likeness (QED) is 0.776. The number of benzene rings is 1. The summed E-state index contributed by atoms with van der Waals surface area (Å²) in [7, 11) is 5.55. The SMILES string of the molecule is COc1ccc(CCN(C)C(C)C)c(OC)c1C. The van der Waals surface area contributed by atoms with Gasteiger partial charge in [-0.05, 0) is 45.9 Å². The van der Waals surface area contributed by atoms with Gasteiger partial charge in [0.2, 0.25) is 0 Å². The molecule has 3 heteroatoms. The molecular weight excluding hydrogens is 226 g/mol. The van der Waals surface area contributed by atoms with Gasteiger partial charge in [0, 0.05) is 18.2 Å². The first-order valence-corrected chi connectivity index (χ1v) is 6.42. The van der Waals surface area contributed by atoms with E-state index in [0.717, 1.165) is 30.0 Å². The first kappa shape index (κ1) is 14.8. The van der Waals surface area contributed by atoms with Gasteiger partial charge in [-0.15, -0.1) is 0 Å². The van der Waals surface area contributed by atoms with Gasteiger partial charge in [-0.3, -0.25) is 0 Å². The highest BCUT2D eigenvalue weighted by molar-refractivity contribution is 5.49. The smallest absolute Gasteiger partial charge is 0.128 e. The summed E-state index contributed by atoms with van der Waals surface area (Å²) in [6, 6.07) is 4.68. The minimum atomic E-state index is 0.565. The third kappa shape index (κ3) is 3.39. The van der Waals surface area contributed by atoms with Crippen molar-refractivity contribution < 1.29 is 9.47 Å². The lowest BCUT2D eigenvalue weighted by atomic mass is 10.1. The van der Waals surface area contributed by atoms with Crippen LogP contribution in [0, 0.1) is 6.92 Å². The molecule has 0 spiro atoms. The normalized spacial score (nSPS) is 11.1. The lowest BCUT2D eigenvalue weighted by molar-refractivity contribution is 0.276. The van der Waals surface area contributed by atoms with E-state index in [1.165, 1.54) is 5.56 Å². The number of methoxy groups -OCH3 is 2. The molecule has 0 saturated carbocycles. The average Bonchev–Trinajstić information content (AvgIpc) is 2.35. The molecule has 0 aliphatic rings. The Hall–Kier alpha value is -1.22. The highest BCUT2D eigenvalue weighted by Gasteiger charge is 2.12. The molecule has 0 N–H and O–H groups in total. The van der Waals surface area contributed by atoms with E-state index in [-0.39, 0.29) is 0 Å². The van der Waals surface area contributed by atoms with Gasteiger partial charge in [0.05, 0.1) is 14.2 Å². The van der Waals surface area contributed by atoms with Gasteiger partial charge in [0.25, 0.3) is 0 Å². The standard InChI is InChI=1S/C15H25NO2/c1-11(2)16(4)10-9-13-7-8-14(17-5)12(3)15(13)18-6/h7-8,11H,9-10H2,1-6H3. The van der Waals surface area contributed by atoms with E-state index in [9.17, 15) is 0 Å². The average molecular weight is 251 g/mol. The molecule has 0 aromatic heterocycles. The second-order valence-corrected chi connectivity index (χ2v) is 4.91. The third-order valence-corrected chi connectivity index (χ3v) is 3.48. The zero-order valence-electron chi connectivity index (χ0n) is 12.4. The lowest BCUT2D eigenvalue weighted by Crippen LogP contribution is -2.28. The van der Waals surface area contributed by atoms with Crippen LogP contribution >= 0.6 is 0 Å². The summed E-state index contributed by atoms with van der Waals surface area (Å²) < 4.78 is 10.8. The maximum atomic E-state index is 5.51. The molecule has 0 saturated heterocycles. The molecule has 18 heavy (non-hydrogen) atoms. The zero-order valence-corrected chi connectivity index (χ0v) is 12.4. The number of hydrogen-bond donors (Lipinski definition) is 0. The zero-order chi connectivity index (χ0) is 13.7. The van der Waals surface area contributed by atoms with E-state index in [1.54, 1.807) is 14.2 Å². The summed E-state index contributed by atoms with van der Waals surface area (Å²) >= 11 is 0. The summed E-state index contributed by atoms with van der Waals surface area (Å²) in [5.74, 6) is 1.83. The fourth-order valence-corrected chi connectivity index (χ4v) is 1.99. The summed E-state index contributed by atoms with van der Waals surface area (Å²) in [4.78, 5) is 2.33. The Morgan fingerprint density at radius 2 is 1.83 bits per heavy atom. The molecule has 1 aromatic carbocycles. The van der Waals surface area contributed by atoms with Crippen LogP contribution in [0.15, 0.2) is 12.1 Å². The summed E-state index contributed by atoms with van der Waals surface area (Å²) in [5, 5.41) is 0. The van der Waals surface area contributed by atoms with Crippen LogP contribution in [-0.2, 0) is 6.42 Å². The molecule has 0 aliphatic heterocycles. The van der Waals surface area contributed by atoms with Gasteiger partial charge >= 0.3 is 0 Å². The second kappa shape index (κ2) is 6.64. The summed E-state index contributed by atoms with van der Waals surface area (Å²) in [5.41, 5.74) is 2.31. The van der Waals surface area contributed by atoms with Crippen molar-refractivity contribution >= 4 is 0 Å². The Balaban J connectivity index is 2.86. The molecule has 0 radical (unpaired) electrons. The van der Waals surface area contributed by atoms with Crippen molar-refractivity contribution in [1.82, 2.24) is 4.90 Å². The summed E-state index contributed by atoms with van der Waals surface area (Å²) in [6.07, 6.45) is 0.989. The largest absolute Gasteiger partial charge is 0.496 e. The monoisotopic (exact) mass is 251 g/mol. The first-order chi connectivity index (χ1) is 8.51. The molecule has 0 heterocycles. The van der Waals surface area contributed by atoms with Crippen molar-refractivity contribution in [1.29, 1.82) is 0 Å². The van der Waals surface area contributed by atoms with Crippen molar-refractivity contribution in [3.63, 3.8) is 0 Å². The van der Waals surface area contributed by atoms with Gasteiger partial charge in [0.1, 0.15) is 11.5 Å². The maximum absolute atomic E-state index is 5.51. The van der Waals surface area contributed by atoms with Crippen LogP contribution in [0.3, 0.4) is 0 Å². The highest BCUT2D eigenvalue weighted by Crippen LogP contribution is 2.31. The van der Waals surface area contributed by atoms with Gasteiger partial charge in [-0.25, -0.2) is 0 Å². The number of likely N-dealkylation sites (N-methyl/N-ethyl adjacent to an activating group) is 1. The fraction of sp³-hybridized carbons (Fsp3) is 0.600. The van der Waals surface area contributed by atoms with Crippen molar-refractivity contribution in [3.05, 3.63) is 23.3 Å². The molecule has 102 valence electrons. The predicted octanol–water partition coefficient (Wildman–Crippen LogP) is 2.89. The van der Waals surface area contributed by atoms with Crippen LogP contribution in [0.1, 0.15) is 25.0 Å². The van der Waals surface area contributed by atoms with Crippen LogP contribution in [0.2, 0.25) is 0 Å². The molecule has 1 rings (SSSR count). The predicted molar refractivity (Wildman–Crippen MR) is 75.8 cm³/mol. The minimum absolute atomic E-state index is 0.565. The topological polar surface area (TPSA) is 21.7 Å². The lowest BCUT2D eigenvalue weighted by Gasteiger charge is -2.22. The van der Waals surface area contributed by atoms with Crippen LogP contribution in [0.25, 0.3) is 0 Å². The Morgan fingerprint density at radius 3 is 2.33 bits per heavy atom. The van der Waals surface area contributed by atoms with E-state index in [2.05, 4.69) is 31.9 Å². The first-order valence-electron chi connectivity index (χ1n) is 6.42. The molecule has 0 aliphatic carbocycles. The minimum Gasteiger partial charge on any atom is -0.496 e. The van der Waals surface area contributed by atoms with E-state index < -0.39 is 0 Å². The van der Waals surface area contributed by atoms with Crippen LogP contribution in [0.5, 0.6) is 11.5 Å². The van der Waals surface area contributed by atoms with Crippen molar-refractivity contribution in [2.75, 3.05) is 27.8 Å². The van der Waals surface area contributed by atoms with E-state index in [1.807, 2.05) is 13.0 Å². The van der Waals surface area contributed by atoms with Crippen molar-refractivity contribution in [2.24, 2.45) is 0 Å². The molecular formula is C15H25NO2. The van der Waals surface area contributed by atoms with Crippen LogP contribution in [0.4, 0.5) is 0 Å². The van der Waals surface area contributed by atoms with Gasteiger partial charge in [-0.1, -0.05) is 6.07 Å². The molecule has 0 fully saturated rings. The van der Waals surface area contributed by atoms with E-state index >= 15 is 0 Å². The van der Waals surface area contributed by atoms with Crippen molar-refractivity contribution in [2.45, 2.75) is 33.2 Å². The molecule has 0 amide bonds. The second-order valence-electron chi connectivity index (χ2n) is 4.91. The summed E-state index contributed by atoms with van der Waals surface area (Å²) in [6.45, 7) is 7.47. The molecule has 0 unspecified atom stereocenters. The molecule has 0 atom stereocenters. The van der Waals surface area contributed by atoms with Crippen LogP contribution in [-0.4, -0.2) is 38.8 Å². The Bertz CT molecular complexity index is 388. The number of nitrogens with zero attached hydrogens (tertiary/aromatic N) is 1. The Labute approximate surface area is 111 Å². The molecule has 3 nitrogen and oxygen atoms in total. The number of ether oxygens (including phenoxy) is 2. The maximum Gasteiger partial charge on any atom is 0.128 e. The molecule has 1 aromatic rings. The highest BCUT2D eigenvalue weighted by atomic mass is 16.5. The third-order valence-electron chi connectivity index (χ3n) is 3.48. The van der Waals surface area contributed by atoms with E-state index in [4.69, 9.17) is 9.47 Å². The Kier molecular flexibility index (Phi) is 5.48. The van der Waals surface area contributed by atoms with E-state index in [0.29, 0.717) is 6.04 Å². The molecule has 0 bridgehead atoms. The van der Waals surface area contributed by atoms with Crippen LogP contribution < -0.4 is 9.47 Å². The number of hydrogen-bond acceptors (Lipinski definition) is 3. The van der Waals surface area contributed by atoms with Crippen molar-refractivity contribution in [3.8, 4) is 11.5 Å². The van der Waals surface area contributed by atoms with Gasteiger partial charge in [-0.2, -0.15) is 0 Å². The number of rotatable bonds is 6. The fourth-order valence-electron chi connectivity index (χ4n) is 1.99. The van der Waals surface area contributed by atoms with Gasteiger partial charge < -0.3 is 14.4 Å².